The van der Waals surface area contributed by atoms with Gasteiger partial charge in [0.25, 0.3) is 0 Å². The highest BCUT2D eigenvalue weighted by molar-refractivity contribution is 5.95. The number of rotatable bonds is 2. The van der Waals surface area contributed by atoms with Crippen LogP contribution in [0.5, 0.6) is 0 Å². The third-order valence-electron chi connectivity index (χ3n) is 4.64. The van der Waals surface area contributed by atoms with Crippen molar-refractivity contribution in [2.75, 3.05) is 11.9 Å². The lowest BCUT2D eigenvalue weighted by atomic mass is 10.0. The van der Waals surface area contributed by atoms with Crippen molar-refractivity contribution in [1.29, 1.82) is 0 Å². The number of aryl methyl sites for hydroxylation is 2. The fourth-order valence-corrected chi connectivity index (χ4v) is 3.49. The normalized spacial score (nSPS) is 28.9. The molecule has 1 aromatic carbocycles. The highest BCUT2D eigenvalue weighted by Crippen LogP contribution is 2.54. The van der Waals surface area contributed by atoms with Gasteiger partial charge < -0.3 is 4.90 Å². The molecule has 0 aliphatic heterocycles. The maximum absolute atomic E-state index is 12.5. The first-order valence-electron chi connectivity index (χ1n) is 6.91. The van der Waals surface area contributed by atoms with Gasteiger partial charge in [-0.15, -0.1) is 0 Å². The van der Waals surface area contributed by atoms with E-state index in [2.05, 4.69) is 32.0 Å². The number of carbonyl (C=O) groups excluding carboxylic acids is 1. The van der Waals surface area contributed by atoms with Gasteiger partial charge in [-0.3, -0.25) is 4.79 Å². The van der Waals surface area contributed by atoms with Crippen molar-refractivity contribution in [3.8, 4) is 0 Å². The Morgan fingerprint density at radius 3 is 2.44 bits per heavy atom. The molecule has 2 aliphatic carbocycles. The van der Waals surface area contributed by atoms with Crippen LogP contribution in [0, 0.1) is 31.6 Å². The maximum atomic E-state index is 12.5. The topological polar surface area (TPSA) is 20.3 Å². The molecule has 2 atom stereocenters. The number of amides is 1. The van der Waals surface area contributed by atoms with Gasteiger partial charge >= 0.3 is 0 Å². The average molecular weight is 243 g/mol. The van der Waals surface area contributed by atoms with E-state index in [0.29, 0.717) is 5.91 Å². The van der Waals surface area contributed by atoms with Crippen molar-refractivity contribution in [1.82, 2.24) is 0 Å². The minimum Gasteiger partial charge on any atom is -0.315 e. The van der Waals surface area contributed by atoms with E-state index < -0.39 is 0 Å². The Hall–Kier alpha value is -1.31. The van der Waals surface area contributed by atoms with Crippen molar-refractivity contribution in [2.45, 2.75) is 33.1 Å². The van der Waals surface area contributed by atoms with Crippen molar-refractivity contribution < 1.29 is 4.79 Å². The molecule has 0 radical (unpaired) electrons. The van der Waals surface area contributed by atoms with Gasteiger partial charge in [0.2, 0.25) is 5.91 Å². The number of fused-ring (bicyclic) bond motifs is 1. The van der Waals surface area contributed by atoms with Gasteiger partial charge in [-0.05, 0) is 56.6 Å². The summed E-state index contributed by atoms with van der Waals surface area (Å²) in [5.41, 5.74) is 3.50. The zero-order chi connectivity index (χ0) is 12.9. The monoisotopic (exact) mass is 243 g/mol. The predicted molar refractivity (Wildman–Crippen MR) is 73.6 cm³/mol. The quantitative estimate of drug-likeness (QED) is 0.780. The van der Waals surface area contributed by atoms with Crippen molar-refractivity contribution in [3.05, 3.63) is 29.3 Å². The first-order chi connectivity index (χ1) is 8.56. The summed E-state index contributed by atoms with van der Waals surface area (Å²) in [6, 6.07) is 6.29. The Kier molecular flexibility index (Phi) is 2.69. The predicted octanol–water partition coefficient (Wildman–Crippen LogP) is 3.31. The molecular weight excluding hydrogens is 222 g/mol. The van der Waals surface area contributed by atoms with Crippen LogP contribution in [0.2, 0.25) is 0 Å². The van der Waals surface area contributed by atoms with Gasteiger partial charge in [0, 0.05) is 18.7 Å². The molecule has 2 fully saturated rings. The van der Waals surface area contributed by atoms with Crippen LogP contribution in [0.3, 0.4) is 0 Å². The van der Waals surface area contributed by atoms with E-state index in [1.807, 2.05) is 11.9 Å². The zero-order valence-corrected chi connectivity index (χ0v) is 11.4. The molecule has 18 heavy (non-hydrogen) atoms. The van der Waals surface area contributed by atoms with Gasteiger partial charge in [-0.1, -0.05) is 17.7 Å². The number of hydrogen-bond donors (Lipinski definition) is 0. The van der Waals surface area contributed by atoms with Gasteiger partial charge in [-0.25, -0.2) is 0 Å². The second-order valence-electron chi connectivity index (χ2n) is 6.11. The van der Waals surface area contributed by atoms with Crippen LogP contribution in [0.15, 0.2) is 18.2 Å². The van der Waals surface area contributed by atoms with Crippen LogP contribution in [0.1, 0.15) is 30.4 Å². The third kappa shape index (κ3) is 1.94. The molecular formula is C16H21NO. The average Bonchev–Trinajstić information content (AvgIpc) is 2.94. The fourth-order valence-electron chi connectivity index (χ4n) is 3.49. The Labute approximate surface area is 109 Å². The summed E-state index contributed by atoms with van der Waals surface area (Å²) in [6.45, 7) is 4.17. The summed E-state index contributed by atoms with van der Waals surface area (Å²) in [5.74, 6) is 2.33. The van der Waals surface area contributed by atoms with Crippen LogP contribution in [-0.4, -0.2) is 13.0 Å². The SMILES string of the molecule is Cc1ccc(N(C)C(=O)C2CC3CC3C2)c(C)c1. The number of carbonyl (C=O) groups is 1. The first-order valence-corrected chi connectivity index (χ1v) is 6.91. The summed E-state index contributed by atoms with van der Waals surface area (Å²) >= 11 is 0. The standard InChI is InChI=1S/C16H21NO/c1-10-4-5-15(11(2)6-10)17(3)16(18)14-8-12-7-13(12)9-14/h4-6,12-14H,7-9H2,1-3H3. The van der Waals surface area contributed by atoms with E-state index in [4.69, 9.17) is 0 Å². The van der Waals surface area contributed by atoms with Crippen LogP contribution in [-0.2, 0) is 4.79 Å². The first kappa shape index (κ1) is 11.8. The van der Waals surface area contributed by atoms with Crippen molar-refractivity contribution in [2.24, 2.45) is 17.8 Å². The molecule has 0 spiro atoms. The molecule has 2 saturated carbocycles. The molecule has 2 heteroatoms. The molecule has 2 unspecified atom stereocenters. The van der Waals surface area contributed by atoms with E-state index in [9.17, 15) is 4.79 Å². The summed E-state index contributed by atoms with van der Waals surface area (Å²) in [5, 5.41) is 0. The van der Waals surface area contributed by atoms with E-state index in [-0.39, 0.29) is 5.92 Å². The van der Waals surface area contributed by atoms with Crippen molar-refractivity contribution in [3.63, 3.8) is 0 Å². The van der Waals surface area contributed by atoms with Gasteiger partial charge in [0.1, 0.15) is 0 Å². The largest absolute Gasteiger partial charge is 0.315 e. The van der Waals surface area contributed by atoms with Crippen LogP contribution in [0.25, 0.3) is 0 Å². The fraction of sp³-hybridized carbons (Fsp3) is 0.562. The molecule has 0 N–H and O–H groups in total. The lowest BCUT2D eigenvalue weighted by molar-refractivity contribution is -0.122. The third-order valence-corrected chi connectivity index (χ3v) is 4.64. The summed E-state index contributed by atoms with van der Waals surface area (Å²) in [6.07, 6.45) is 3.62. The Bertz CT molecular complexity index is 484. The molecule has 0 bridgehead atoms. The van der Waals surface area contributed by atoms with Gasteiger partial charge in [-0.2, -0.15) is 0 Å². The van der Waals surface area contributed by atoms with E-state index >= 15 is 0 Å². The summed E-state index contributed by atoms with van der Waals surface area (Å²) in [4.78, 5) is 14.3. The second kappa shape index (κ2) is 4.11. The molecule has 0 saturated heterocycles. The number of benzene rings is 1. The second-order valence-corrected chi connectivity index (χ2v) is 6.11. The summed E-state index contributed by atoms with van der Waals surface area (Å²) < 4.78 is 0. The Balaban J connectivity index is 1.76. The lowest BCUT2D eigenvalue weighted by Gasteiger charge is -2.23. The highest BCUT2D eigenvalue weighted by atomic mass is 16.2. The number of anilines is 1. The minimum absolute atomic E-state index is 0.277. The van der Waals surface area contributed by atoms with Crippen molar-refractivity contribution >= 4 is 11.6 Å². The van der Waals surface area contributed by atoms with Crippen LogP contribution >= 0.6 is 0 Å². The Morgan fingerprint density at radius 1 is 1.17 bits per heavy atom. The van der Waals surface area contributed by atoms with E-state index in [1.165, 1.54) is 17.5 Å². The van der Waals surface area contributed by atoms with Crippen LogP contribution < -0.4 is 4.90 Å². The lowest BCUT2D eigenvalue weighted by Crippen LogP contribution is -2.32. The van der Waals surface area contributed by atoms with Crippen LogP contribution in [0.4, 0.5) is 5.69 Å². The summed E-state index contributed by atoms with van der Waals surface area (Å²) in [7, 11) is 1.92. The molecule has 0 heterocycles. The minimum atomic E-state index is 0.277. The molecule has 3 rings (SSSR count). The molecule has 2 aliphatic rings. The maximum Gasteiger partial charge on any atom is 0.229 e. The van der Waals surface area contributed by atoms with E-state index in [1.54, 1.807) is 0 Å². The van der Waals surface area contributed by atoms with Gasteiger partial charge in [0.05, 0.1) is 0 Å². The highest BCUT2D eigenvalue weighted by Gasteiger charge is 2.48. The van der Waals surface area contributed by atoms with E-state index in [0.717, 1.165) is 30.4 Å². The number of hydrogen-bond acceptors (Lipinski definition) is 1. The van der Waals surface area contributed by atoms with Gasteiger partial charge in [0.15, 0.2) is 0 Å². The molecule has 1 aromatic rings. The smallest absolute Gasteiger partial charge is 0.229 e. The zero-order valence-electron chi connectivity index (χ0n) is 11.4. The molecule has 0 aromatic heterocycles. The number of nitrogens with zero attached hydrogens (tertiary/aromatic N) is 1. The molecule has 2 nitrogen and oxygen atoms in total. The Morgan fingerprint density at radius 2 is 1.83 bits per heavy atom. The molecule has 96 valence electrons. The molecule has 1 amide bonds.